The van der Waals surface area contributed by atoms with Crippen molar-refractivity contribution < 1.29 is 0 Å². The van der Waals surface area contributed by atoms with Gasteiger partial charge in [0.1, 0.15) is 5.52 Å². The summed E-state index contributed by atoms with van der Waals surface area (Å²) in [6.07, 6.45) is 8.00. The summed E-state index contributed by atoms with van der Waals surface area (Å²) < 4.78 is 2.26. The second-order valence-corrected chi connectivity index (χ2v) is 5.35. The molecule has 0 saturated heterocycles. The van der Waals surface area contributed by atoms with Gasteiger partial charge >= 0.3 is 0 Å². The highest BCUT2D eigenvalue weighted by Gasteiger charge is 2.41. The Hall–Kier alpha value is -1.85. The van der Waals surface area contributed by atoms with E-state index in [4.69, 9.17) is 5.73 Å². The van der Waals surface area contributed by atoms with Crippen molar-refractivity contribution in [3.8, 4) is 0 Å². The zero-order valence-corrected chi connectivity index (χ0v) is 10.2. The van der Waals surface area contributed by atoms with Gasteiger partial charge in [-0.3, -0.25) is 4.57 Å². The average molecular weight is 244 g/mol. The summed E-state index contributed by atoms with van der Waals surface area (Å²) in [6, 6.07) is 0. The average Bonchev–Trinajstić information content (AvgIpc) is 2.90. The van der Waals surface area contributed by atoms with E-state index in [2.05, 4.69) is 24.8 Å². The molecule has 0 bridgehead atoms. The van der Waals surface area contributed by atoms with Crippen LogP contribution in [0, 0.1) is 0 Å². The van der Waals surface area contributed by atoms with Crippen molar-refractivity contribution in [1.29, 1.82) is 0 Å². The SMILES string of the molecule is Nc1ncc2nc3n(c2n1)C1(CCCCC1)CN3. The summed E-state index contributed by atoms with van der Waals surface area (Å²) in [5.74, 6) is 1.25. The standard InChI is InChI=1S/C12H16N6/c13-10-14-6-8-9(17-10)18-11(16-8)15-7-12(18)4-2-1-3-5-12/h6H,1-5,7H2,(H,15,16)(H2,13,14,17). The minimum Gasteiger partial charge on any atom is -0.368 e. The fourth-order valence-corrected chi connectivity index (χ4v) is 3.39. The number of imidazole rings is 1. The largest absolute Gasteiger partial charge is 0.368 e. The van der Waals surface area contributed by atoms with Crippen LogP contribution in [0.4, 0.5) is 11.9 Å². The predicted molar refractivity (Wildman–Crippen MR) is 69.3 cm³/mol. The monoisotopic (exact) mass is 244 g/mol. The van der Waals surface area contributed by atoms with Crippen molar-refractivity contribution >= 4 is 23.1 Å². The van der Waals surface area contributed by atoms with E-state index in [1.807, 2.05) is 0 Å². The van der Waals surface area contributed by atoms with Crippen LogP contribution in [0.3, 0.4) is 0 Å². The van der Waals surface area contributed by atoms with Gasteiger partial charge in [0.15, 0.2) is 5.65 Å². The molecule has 2 aromatic heterocycles. The first kappa shape index (κ1) is 10.1. The second kappa shape index (κ2) is 3.34. The van der Waals surface area contributed by atoms with E-state index in [1.165, 1.54) is 32.1 Å². The van der Waals surface area contributed by atoms with Gasteiger partial charge in [-0.25, -0.2) is 9.97 Å². The van der Waals surface area contributed by atoms with Crippen LogP contribution in [0.15, 0.2) is 6.20 Å². The van der Waals surface area contributed by atoms with Crippen molar-refractivity contribution in [3.05, 3.63) is 6.20 Å². The van der Waals surface area contributed by atoms with E-state index in [9.17, 15) is 0 Å². The van der Waals surface area contributed by atoms with Gasteiger partial charge in [0.05, 0.1) is 11.7 Å². The molecule has 94 valence electrons. The third kappa shape index (κ3) is 1.20. The Labute approximate surface area is 105 Å². The number of aromatic nitrogens is 4. The predicted octanol–water partition coefficient (Wildman–Crippen LogP) is 1.49. The molecule has 1 saturated carbocycles. The van der Waals surface area contributed by atoms with Gasteiger partial charge in [0.2, 0.25) is 11.9 Å². The molecule has 1 aliphatic heterocycles. The highest BCUT2D eigenvalue weighted by Crippen LogP contribution is 2.42. The van der Waals surface area contributed by atoms with Crippen molar-refractivity contribution in [1.82, 2.24) is 19.5 Å². The van der Waals surface area contributed by atoms with Crippen LogP contribution < -0.4 is 11.1 Å². The number of rotatable bonds is 0. The Bertz CT molecular complexity index is 610. The molecule has 0 atom stereocenters. The molecule has 0 amide bonds. The Kier molecular flexibility index (Phi) is 1.87. The van der Waals surface area contributed by atoms with Crippen molar-refractivity contribution in [2.75, 3.05) is 17.6 Å². The first-order valence-corrected chi connectivity index (χ1v) is 6.54. The highest BCUT2D eigenvalue weighted by molar-refractivity contribution is 5.76. The lowest BCUT2D eigenvalue weighted by Crippen LogP contribution is -2.36. The third-order valence-electron chi connectivity index (χ3n) is 4.25. The van der Waals surface area contributed by atoms with Gasteiger partial charge in [-0.15, -0.1) is 0 Å². The van der Waals surface area contributed by atoms with Crippen molar-refractivity contribution in [2.45, 2.75) is 37.6 Å². The number of nitrogens with one attached hydrogen (secondary N) is 1. The Morgan fingerprint density at radius 2 is 2.06 bits per heavy atom. The Morgan fingerprint density at radius 1 is 1.22 bits per heavy atom. The molecule has 1 aliphatic carbocycles. The molecule has 1 spiro atoms. The molecular formula is C12H16N6. The molecule has 0 aromatic carbocycles. The van der Waals surface area contributed by atoms with E-state index in [0.717, 1.165) is 23.7 Å². The second-order valence-electron chi connectivity index (χ2n) is 5.35. The molecule has 4 rings (SSSR count). The van der Waals surface area contributed by atoms with Gasteiger partial charge < -0.3 is 11.1 Å². The molecule has 0 radical (unpaired) electrons. The summed E-state index contributed by atoms with van der Waals surface area (Å²) in [5, 5.41) is 3.41. The molecule has 0 unspecified atom stereocenters. The number of fused-ring (bicyclic) bond motifs is 4. The van der Waals surface area contributed by atoms with Gasteiger partial charge in [-0.1, -0.05) is 19.3 Å². The molecule has 3 N–H and O–H groups in total. The van der Waals surface area contributed by atoms with Crippen LogP contribution in [-0.2, 0) is 5.54 Å². The van der Waals surface area contributed by atoms with Crippen molar-refractivity contribution in [3.63, 3.8) is 0 Å². The van der Waals surface area contributed by atoms with Gasteiger partial charge in [-0.2, -0.15) is 4.98 Å². The van der Waals surface area contributed by atoms with Crippen LogP contribution in [0.1, 0.15) is 32.1 Å². The van der Waals surface area contributed by atoms with Crippen LogP contribution in [0.25, 0.3) is 11.2 Å². The molecule has 1 fully saturated rings. The maximum atomic E-state index is 5.71. The molecule has 6 heteroatoms. The maximum Gasteiger partial charge on any atom is 0.222 e. The number of hydrogen-bond acceptors (Lipinski definition) is 5. The van der Waals surface area contributed by atoms with E-state index in [0.29, 0.717) is 5.95 Å². The Balaban J connectivity index is 1.96. The first-order valence-electron chi connectivity index (χ1n) is 6.54. The number of hydrogen-bond donors (Lipinski definition) is 2. The fraction of sp³-hybridized carbons (Fsp3) is 0.583. The normalized spacial score (nSPS) is 21.1. The molecular weight excluding hydrogens is 228 g/mol. The molecule has 18 heavy (non-hydrogen) atoms. The third-order valence-corrected chi connectivity index (χ3v) is 4.25. The molecule has 6 nitrogen and oxygen atoms in total. The Morgan fingerprint density at radius 3 is 2.89 bits per heavy atom. The lowest BCUT2D eigenvalue weighted by molar-refractivity contribution is 0.234. The van der Waals surface area contributed by atoms with E-state index in [-0.39, 0.29) is 5.54 Å². The number of nitrogens with two attached hydrogens (primary N) is 1. The highest BCUT2D eigenvalue weighted by atomic mass is 15.3. The lowest BCUT2D eigenvalue weighted by atomic mass is 9.82. The van der Waals surface area contributed by atoms with Crippen molar-refractivity contribution in [2.24, 2.45) is 0 Å². The van der Waals surface area contributed by atoms with E-state index >= 15 is 0 Å². The summed E-state index contributed by atoms with van der Waals surface area (Å²) in [4.78, 5) is 13.0. The van der Waals surface area contributed by atoms with Crippen LogP contribution in [0.2, 0.25) is 0 Å². The summed E-state index contributed by atoms with van der Waals surface area (Å²) in [6.45, 7) is 0.967. The fourth-order valence-electron chi connectivity index (χ4n) is 3.39. The van der Waals surface area contributed by atoms with Crippen LogP contribution >= 0.6 is 0 Å². The molecule has 2 aromatic rings. The molecule has 2 aliphatic rings. The minimum absolute atomic E-state index is 0.156. The molecule has 3 heterocycles. The topological polar surface area (TPSA) is 81.7 Å². The van der Waals surface area contributed by atoms with Gasteiger partial charge in [-0.05, 0) is 12.8 Å². The maximum absolute atomic E-state index is 5.71. The first-order chi connectivity index (χ1) is 8.78. The lowest BCUT2D eigenvalue weighted by Gasteiger charge is -2.34. The zero-order valence-electron chi connectivity index (χ0n) is 10.2. The van der Waals surface area contributed by atoms with E-state index < -0.39 is 0 Å². The number of nitrogens with zero attached hydrogens (tertiary/aromatic N) is 4. The van der Waals surface area contributed by atoms with Gasteiger partial charge in [0.25, 0.3) is 0 Å². The smallest absolute Gasteiger partial charge is 0.222 e. The summed E-state index contributed by atoms with van der Waals surface area (Å²) >= 11 is 0. The van der Waals surface area contributed by atoms with E-state index in [1.54, 1.807) is 6.20 Å². The number of anilines is 2. The quantitative estimate of drug-likeness (QED) is 0.733. The summed E-state index contributed by atoms with van der Waals surface area (Å²) in [5.41, 5.74) is 7.58. The van der Waals surface area contributed by atoms with Crippen LogP contribution in [0.5, 0.6) is 0 Å². The minimum atomic E-state index is 0.156. The zero-order chi connectivity index (χ0) is 12.2. The van der Waals surface area contributed by atoms with Crippen LogP contribution in [-0.4, -0.2) is 26.1 Å². The van der Waals surface area contributed by atoms with Gasteiger partial charge in [0, 0.05) is 6.54 Å². The summed E-state index contributed by atoms with van der Waals surface area (Å²) in [7, 11) is 0. The number of nitrogen functional groups attached to an aromatic ring is 1.